The van der Waals surface area contributed by atoms with Gasteiger partial charge in [-0.25, -0.2) is 4.79 Å². The van der Waals surface area contributed by atoms with E-state index in [2.05, 4.69) is 21.3 Å². The lowest BCUT2D eigenvalue weighted by atomic mass is 10.00. The Labute approximate surface area is 275 Å². The van der Waals surface area contributed by atoms with E-state index in [9.17, 15) is 33.9 Å². The van der Waals surface area contributed by atoms with E-state index in [1.165, 1.54) is 12.1 Å². The number of amides is 5. The molecule has 46 heavy (non-hydrogen) atoms. The van der Waals surface area contributed by atoms with E-state index in [0.717, 1.165) is 27.2 Å². The first-order chi connectivity index (χ1) is 21.5. The van der Waals surface area contributed by atoms with Gasteiger partial charge < -0.3 is 37.8 Å². The predicted molar refractivity (Wildman–Crippen MR) is 177 cm³/mol. The summed E-state index contributed by atoms with van der Waals surface area (Å²) >= 11 is 0. The summed E-state index contributed by atoms with van der Waals surface area (Å²) in [6, 6.07) is 10.4. The number of aliphatic carboxylic acids is 1. The molecule has 3 rings (SSSR count). The van der Waals surface area contributed by atoms with Crippen molar-refractivity contribution in [1.29, 1.82) is 0 Å². The molecule has 2 aromatic carbocycles. The second kappa shape index (κ2) is 15.5. The summed E-state index contributed by atoms with van der Waals surface area (Å²) in [5.41, 5.74) is 13.2. The van der Waals surface area contributed by atoms with Crippen LogP contribution in [0, 0.1) is 0 Å². The van der Waals surface area contributed by atoms with Crippen LogP contribution < -0.4 is 32.7 Å². The van der Waals surface area contributed by atoms with Gasteiger partial charge in [-0.1, -0.05) is 64.1 Å². The number of nitrogens with one attached hydrogen (secondary N) is 4. The molecule has 13 nitrogen and oxygen atoms in total. The van der Waals surface area contributed by atoms with E-state index in [-0.39, 0.29) is 12.8 Å². The minimum Gasteiger partial charge on any atom is -0.480 e. The highest BCUT2D eigenvalue weighted by Gasteiger charge is 2.44. The van der Waals surface area contributed by atoms with Gasteiger partial charge in [-0.3, -0.25) is 24.0 Å². The number of carbonyl (C=O) groups is 6. The number of carboxylic acid groups (broad SMARTS) is 1. The van der Waals surface area contributed by atoms with Crippen LogP contribution in [0.15, 0.2) is 54.6 Å². The molecule has 5 amide bonds. The molecule has 0 bridgehead atoms. The van der Waals surface area contributed by atoms with Crippen molar-refractivity contribution in [3.05, 3.63) is 71.3 Å². The Bertz CT molecular complexity index is 1450. The van der Waals surface area contributed by atoms with Gasteiger partial charge in [0.05, 0.1) is 17.3 Å². The molecule has 1 fully saturated rings. The molecule has 0 radical (unpaired) electrons. The van der Waals surface area contributed by atoms with Crippen LogP contribution in [0.4, 0.5) is 0 Å². The SMILES string of the molecule is CC1(C)SSC(C)(C)C(NC(=O)C(N)Cc2ccc(C(N)=O)cc2)C(=O)NCC(=O)NC(Cc2ccccc2)C(=O)NC1C(=O)O. The number of primary amides is 1. The molecule has 9 N–H and O–H groups in total. The predicted octanol–water partition coefficient (Wildman–Crippen LogP) is 0.505. The largest absolute Gasteiger partial charge is 0.480 e. The lowest BCUT2D eigenvalue weighted by molar-refractivity contribution is -0.143. The molecule has 0 spiro atoms. The van der Waals surface area contributed by atoms with Crippen LogP contribution in [0.5, 0.6) is 0 Å². The van der Waals surface area contributed by atoms with Gasteiger partial charge in [-0.2, -0.15) is 0 Å². The number of hydrogen-bond donors (Lipinski definition) is 7. The number of carbonyl (C=O) groups excluding carboxylic acids is 5. The van der Waals surface area contributed by atoms with Crippen LogP contribution in [0.2, 0.25) is 0 Å². The van der Waals surface area contributed by atoms with Crippen LogP contribution in [0.25, 0.3) is 0 Å². The third kappa shape index (κ3) is 9.96. The van der Waals surface area contributed by atoms with Crippen molar-refractivity contribution in [3.8, 4) is 0 Å². The highest BCUT2D eigenvalue weighted by Crippen LogP contribution is 2.46. The monoisotopic (exact) mass is 672 g/mol. The van der Waals surface area contributed by atoms with E-state index in [0.29, 0.717) is 11.1 Å². The van der Waals surface area contributed by atoms with E-state index < -0.39 is 75.7 Å². The molecule has 1 saturated heterocycles. The Morgan fingerprint density at radius 1 is 0.913 bits per heavy atom. The molecule has 4 atom stereocenters. The van der Waals surface area contributed by atoms with Crippen molar-refractivity contribution in [2.45, 2.75) is 74.2 Å². The second-order valence-electron chi connectivity index (χ2n) is 12.0. The first-order valence-electron chi connectivity index (χ1n) is 14.5. The minimum absolute atomic E-state index is 0.0792. The molecule has 15 heteroatoms. The molecular formula is C31H40N6O7S2. The van der Waals surface area contributed by atoms with Crippen molar-refractivity contribution < 1.29 is 33.9 Å². The first-order valence-corrected chi connectivity index (χ1v) is 16.6. The summed E-state index contributed by atoms with van der Waals surface area (Å²) < 4.78 is -2.18. The van der Waals surface area contributed by atoms with Gasteiger partial charge in [0.25, 0.3) is 0 Å². The summed E-state index contributed by atoms with van der Waals surface area (Å²) in [5, 5.41) is 20.6. The Balaban J connectivity index is 1.87. The number of carboxylic acids is 1. The maximum absolute atomic E-state index is 13.5. The fraction of sp³-hybridized carbons (Fsp3) is 0.419. The fourth-order valence-corrected chi connectivity index (χ4v) is 7.43. The molecular weight excluding hydrogens is 633 g/mol. The van der Waals surface area contributed by atoms with E-state index in [1.807, 2.05) is 0 Å². The summed E-state index contributed by atoms with van der Waals surface area (Å²) in [6.07, 6.45) is 0.176. The van der Waals surface area contributed by atoms with Gasteiger partial charge in [0.15, 0.2) is 0 Å². The van der Waals surface area contributed by atoms with Gasteiger partial charge in [0, 0.05) is 16.7 Å². The molecule has 1 aliphatic rings. The van der Waals surface area contributed by atoms with E-state index in [4.69, 9.17) is 11.5 Å². The average Bonchev–Trinajstić information content (AvgIpc) is 2.99. The highest BCUT2D eigenvalue weighted by atomic mass is 33.1. The molecule has 0 aromatic heterocycles. The lowest BCUT2D eigenvalue weighted by Gasteiger charge is -2.38. The molecule has 2 aromatic rings. The third-order valence-electron chi connectivity index (χ3n) is 7.33. The smallest absolute Gasteiger partial charge is 0.327 e. The van der Waals surface area contributed by atoms with Gasteiger partial charge in [-0.05, 0) is 57.4 Å². The van der Waals surface area contributed by atoms with Crippen molar-refractivity contribution in [3.63, 3.8) is 0 Å². The summed E-state index contributed by atoms with van der Waals surface area (Å²) in [5.74, 6) is -4.55. The maximum Gasteiger partial charge on any atom is 0.327 e. The van der Waals surface area contributed by atoms with Crippen molar-refractivity contribution in [2.75, 3.05) is 6.54 Å². The molecule has 1 heterocycles. The molecule has 0 saturated carbocycles. The zero-order valence-corrected chi connectivity index (χ0v) is 27.6. The Hall–Kier alpha value is -4.08. The number of nitrogens with two attached hydrogens (primary N) is 2. The van der Waals surface area contributed by atoms with Crippen molar-refractivity contribution in [2.24, 2.45) is 11.5 Å². The normalized spacial score (nSPS) is 22.6. The van der Waals surface area contributed by atoms with Crippen molar-refractivity contribution in [1.82, 2.24) is 21.3 Å². The van der Waals surface area contributed by atoms with Crippen LogP contribution in [-0.4, -0.2) is 80.8 Å². The summed E-state index contributed by atoms with van der Waals surface area (Å²) in [7, 11) is 2.29. The number of rotatable bonds is 8. The van der Waals surface area contributed by atoms with Crippen LogP contribution >= 0.6 is 21.6 Å². The summed E-state index contributed by atoms with van der Waals surface area (Å²) in [6.45, 7) is 6.15. The molecule has 1 aliphatic heterocycles. The Morgan fingerprint density at radius 2 is 1.52 bits per heavy atom. The highest BCUT2D eigenvalue weighted by molar-refractivity contribution is 8.77. The number of benzene rings is 2. The van der Waals surface area contributed by atoms with Gasteiger partial charge >= 0.3 is 5.97 Å². The van der Waals surface area contributed by atoms with E-state index >= 15 is 0 Å². The van der Waals surface area contributed by atoms with Gasteiger partial charge in [-0.15, -0.1) is 0 Å². The molecule has 4 unspecified atom stereocenters. The molecule has 248 valence electrons. The van der Waals surface area contributed by atoms with Crippen LogP contribution in [0.1, 0.15) is 49.2 Å². The Kier molecular flexibility index (Phi) is 12.2. The zero-order chi connectivity index (χ0) is 34.2. The number of hydrogen-bond acceptors (Lipinski definition) is 9. The minimum atomic E-state index is -1.37. The van der Waals surface area contributed by atoms with E-state index in [1.54, 1.807) is 70.2 Å². The Morgan fingerprint density at radius 3 is 2.11 bits per heavy atom. The fourth-order valence-electron chi connectivity index (χ4n) is 4.62. The summed E-state index contributed by atoms with van der Waals surface area (Å²) in [4.78, 5) is 76.9. The van der Waals surface area contributed by atoms with Gasteiger partial charge in [0.2, 0.25) is 29.5 Å². The zero-order valence-electron chi connectivity index (χ0n) is 26.0. The van der Waals surface area contributed by atoms with Gasteiger partial charge in [0.1, 0.15) is 18.1 Å². The van der Waals surface area contributed by atoms with Crippen LogP contribution in [-0.2, 0) is 36.8 Å². The maximum atomic E-state index is 13.5. The quantitative estimate of drug-likeness (QED) is 0.192. The van der Waals surface area contributed by atoms with Crippen molar-refractivity contribution >= 4 is 57.1 Å². The molecule has 0 aliphatic carbocycles. The van der Waals surface area contributed by atoms with Crippen LogP contribution in [0.3, 0.4) is 0 Å². The third-order valence-corrected chi connectivity index (χ3v) is 11.6. The first kappa shape index (κ1) is 36.4. The standard InChI is InChI=1S/C31H40N6O7S2/c1-30(2)23(36-26(40)20(32)14-18-10-12-19(13-11-18)25(33)39)28(42)34-16-22(38)35-21(15-17-8-6-5-7-9-17)27(41)37-24(29(43)44)31(3,4)46-45-30/h5-13,20-21,23-24H,14-16,32H2,1-4H3,(H2,33,39)(H,34,42)(H,35,38)(H,36,40)(H,37,41)(H,43,44). The topological polar surface area (TPSA) is 223 Å². The average molecular weight is 673 g/mol. The second-order valence-corrected chi connectivity index (χ2v) is 15.4. The lowest BCUT2D eigenvalue weighted by Crippen LogP contribution is -2.61.